The van der Waals surface area contributed by atoms with Crippen LogP contribution in [0.1, 0.15) is 5.56 Å². The highest BCUT2D eigenvalue weighted by Crippen LogP contribution is 2.30. The molecule has 0 atom stereocenters. The summed E-state index contributed by atoms with van der Waals surface area (Å²) in [6, 6.07) is 16.7. The predicted octanol–water partition coefficient (Wildman–Crippen LogP) is 4.14. The van der Waals surface area contributed by atoms with Crippen molar-refractivity contribution < 1.29 is 22.5 Å². The van der Waals surface area contributed by atoms with Gasteiger partial charge in [0.25, 0.3) is 15.7 Å². The van der Waals surface area contributed by atoms with Crippen molar-refractivity contribution in [2.75, 3.05) is 11.4 Å². The highest BCUT2D eigenvalue weighted by atomic mass is 32.2. The molecular weight excluding hydrogens is 399 g/mol. The molecule has 0 aliphatic carbocycles. The number of ether oxygens (including phenoxy) is 1. The van der Waals surface area contributed by atoms with Gasteiger partial charge >= 0.3 is 0 Å². The molecule has 0 saturated carbocycles. The first kappa shape index (κ1) is 20.3. The second kappa shape index (κ2) is 8.27. The van der Waals surface area contributed by atoms with Gasteiger partial charge in [-0.1, -0.05) is 24.3 Å². The van der Waals surface area contributed by atoms with Crippen molar-refractivity contribution in [2.45, 2.75) is 11.4 Å². The number of nitro benzene ring substituents is 1. The quantitative estimate of drug-likeness (QED) is 0.427. The molecule has 0 aromatic heterocycles. The number of halogens is 1. The van der Waals surface area contributed by atoms with Gasteiger partial charge in [0.15, 0.2) is 0 Å². The first-order chi connectivity index (χ1) is 13.8. The lowest BCUT2D eigenvalue weighted by atomic mass is 10.2. The topological polar surface area (TPSA) is 89.8 Å². The number of rotatable bonds is 7. The fourth-order valence-electron chi connectivity index (χ4n) is 2.77. The minimum absolute atomic E-state index is 0.171. The standard InChI is InChI=1S/C20H17FN2O5S/c1-28-19-9-3-7-17(12-19)22(14-15-5-2-6-16(21)11-15)29(26,27)20-10-4-8-18(13-20)23(24)25/h2-13H,14H2,1H3. The van der Waals surface area contributed by atoms with Crippen molar-refractivity contribution in [3.8, 4) is 5.75 Å². The van der Waals surface area contributed by atoms with E-state index < -0.39 is 20.8 Å². The summed E-state index contributed by atoms with van der Waals surface area (Å²) in [7, 11) is -2.75. The van der Waals surface area contributed by atoms with Gasteiger partial charge in [0, 0.05) is 18.2 Å². The molecule has 0 N–H and O–H groups in total. The molecule has 3 aromatic rings. The Morgan fingerprint density at radius 2 is 1.76 bits per heavy atom. The van der Waals surface area contributed by atoms with E-state index in [1.165, 1.54) is 49.6 Å². The number of hydrogen-bond acceptors (Lipinski definition) is 5. The van der Waals surface area contributed by atoms with Crippen molar-refractivity contribution in [3.63, 3.8) is 0 Å². The molecule has 0 saturated heterocycles. The molecule has 3 rings (SSSR count). The Kier molecular flexibility index (Phi) is 5.79. The van der Waals surface area contributed by atoms with E-state index in [9.17, 15) is 22.9 Å². The van der Waals surface area contributed by atoms with Crippen LogP contribution in [0.3, 0.4) is 0 Å². The van der Waals surface area contributed by atoms with Crippen LogP contribution in [0.25, 0.3) is 0 Å². The van der Waals surface area contributed by atoms with Crippen LogP contribution in [0, 0.1) is 15.9 Å². The lowest BCUT2D eigenvalue weighted by Crippen LogP contribution is -2.30. The summed E-state index contributed by atoms with van der Waals surface area (Å²) in [4.78, 5) is 10.2. The Labute approximate surface area is 167 Å². The Morgan fingerprint density at radius 3 is 2.45 bits per heavy atom. The Bertz CT molecular complexity index is 1150. The van der Waals surface area contributed by atoms with Gasteiger partial charge in [-0.25, -0.2) is 12.8 Å². The predicted molar refractivity (Wildman–Crippen MR) is 106 cm³/mol. The van der Waals surface area contributed by atoms with Crippen molar-refractivity contribution >= 4 is 21.4 Å². The minimum Gasteiger partial charge on any atom is -0.497 e. The third-order valence-electron chi connectivity index (χ3n) is 4.17. The largest absolute Gasteiger partial charge is 0.497 e. The number of nitrogens with zero attached hydrogens (tertiary/aromatic N) is 2. The lowest BCUT2D eigenvalue weighted by Gasteiger charge is -2.25. The molecule has 29 heavy (non-hydrogen) atoms. The van der Waals surface area contributed by atoms with Gasteiger partial charge in [0.05, 0.1) is 29.2 Å². The summed E-state index contributed by atoms with van der Waals surface area (Å²) in [6.07, 6.45) is 0. The molecule has 0 spiro atoms. The van der Waals surface area contributed by atoms with E-state index in [-0.39, 0.29) is 22.8 Å². The van der Waals surface area contributed by atoms with Crippen LogP contribution in [-0.4, -0.2) is 20.5 Å². The highest BCUT2D eigenvalue weighted by Gasteiger charge is 2.27. The van der Waals surface area contributed by atoms with Crippen LogP contribution in [0.4, 0.5) is 15.8 Å². The minimum atomic E-state index is -4.20. The maximum absolute atomic E-state index is 13.6. The van der Waals surface area contributed by atoms with E-state index in [1.807, 2.05) is 0 Å². The first-order valence-electron chi connectivity index (χ1n) is 8.47. The van der Waals surface area contributed by atoms with Crippen molar-refractivity contribution in [3.05, 3.63) is 94.3 Å². The van der Waals surface area contributed by atoms with Crippen LogP contribution in [0.5, 0.6) is 5.75 Å². The fraction of sp³-hybridized carbons (Fsp3) is 0.100. The van der Waals surface area contributed by atoms with Gasteiger partial charge < -0.3 is 4.74 Å². The number of methoxy groups -OCH3 is 1. The Balaban J connectivity index is 2.12. The molecule has 9 heteroatoms. The average Bonchev–Trinajstić information content (AvgIpc) is 2.72. The van der Waals surface area contributed by atoms with Gasteiger partial charge in [-0.05, 0) is 35.9 Å². The van der Waals surface area contributed by atoms with Crippen molar-refractivity contribution in [1.82, 2.24) is 0 Å². The fourth-order valence-corrected chi connectivity index (χ4v) is 4.25. The summed E-state index contributed by atoms with van der Waals surface area (Å²) in [5.41, 5.74) is 0.351. The Morgan fingerprint density at radius 1 is 1.03 bits per heavy atom. The van der Waals surface area contributed by atoms with Gasteiger partial charge in [0.2, 0.25) is 0 Å². The summed E-state index contributed by atoms with van der Waals surface area (Å²) >= 11 is 0. The summed E-state index contributed by atoms with van der Waals surface area (Å²) in [5, 5.41) is 11.1. The summed E-state index contributed by atoms with van der Waals surface area (Å²) < 4.78 is 46.6. The number of anilines is 1. The second-order valence-electron chi connectivity index (χ2n) is 6.10. The second-order valence-corrected chi connectivity index (χ2v) is 7.96. The van der Waals surface area contributed by atoms with Crippen LogP contribution < -0.4 is 9.04 Å². The van der Waals surface area contributed by atoms with E-state index in [2.05, 4.69) is 0 Å². The lowest BCUT2D eigenvalue weighted by molar-refractivity contribution is -0.385. The van der Waals surface area contributed by atoms with E-state index in [0.29, 0.717) is 11.3 Å². The smallest absolute Gasteiger partial charge is 0.270 e. The molecule has 0 unspecified atom stereocenters. The first-order valence-corrected chi connectivity index (χ1v) is 9.91. The maximum atomic E-state index is 13.6. The zero-order chi connectivity index (χ0) is 21.0. The maximum Gasteiger partial charge on any atom is 0.270 e. The van der Waals surface area contributed by atoms with Gasteiger partial charge in [0.1, 0.15) is 11.6 Å². The Hall–Kier alpha value is -3.46. The molecule has 7 nitrogen and oxygen atoms in total. The molecule has 0 aliphatic rings. The SMILES string of the molecule is COc1cccc(N(Cc2cccc(F)c2)S(=O)(=O)c2cccc([N+](=O)[O-])c2)c1. The monoisotopic (exact) mass is 416 g/mol. The van der Waals surface area contributed by atoms with Crippen LogP contribution in [0.2, 0.25) is 0 Å². The molecular formula is C20H17FN2O5S. The number of nitro groups is 1. The van der Waals surface area contributed by atoms with E-state index in [1.54, 1.807) is 24.3 Å². The van der Waals surface area contributed by atoms with Crippen LogP contribution >= 0.6 is 0 Å². The van der Waals surface area contributed by atoms with Gasteiger partial charge in [-0.3, -0.25) is 14.4 Å². The third-order valence-corrected chi connectivity index (χ3v) is 5.94. The molecule has 0 bridgehead atoms. The summed E-state index contributed by atoms with van der Waals surface area (Å²) in [6.45, 7) is -0.171. The van der Waals surface area contributed by atoms with E-state index in [4.69, 9.17) is 4.74 Å². The molecule has 0 amide bonds. The van der Waals surface area contributed by atoms with E-state index in [0.717, 1.165) is 10.4 Å². The van der Waals surface area contributed by atoms with E-state index >= 15 is 0 Å². The molecule has 0 fully saturated rings. The summed E-state index contributed by atoms with van der Waals surface area (Å²) in [5.74, 6) is -0.0678. The van der Waals surface area contributed by atoms with Crippen LogP contribution in [0.15, 0.2) is 77.7 Å². The number of non-ortho nitro benzene ring substituents is 1. The number of hydrogen-bond donors (Lipinski definition) is 0. The molecule has 3 aromatic carbocycles. The number of sulfonamides is 1. The third kappa shape index (κ3) is 4.52. The molecule has 150 valence electrons. The van der Waals surface area contributed by atoms with Gasteiger partial charge in [-0.2, -0.15) is 0 Å². The number of benzene rings is 3. The molecule has 0 heterocycles. The normalized spacial score (nSPS) is 11.1. The average molecular weight is 416 g/mol. The van der Waals surface area contributed by atoms with Gasteiger partial charge in [-0.15, -0.1) is 0 Å². The van der Waals surface area contributed by atoms with Crippen molar-refractivity contribution in [2.24, 2.45) is 0 Å². The highest BCUT2D eigenvalue weighted by molar-refractivity contribution is 7.92. The van der Waals surface area contributed by atoms with Crippen LogP contribution in [-0.2, 0) is 16.6 Å². The molecule has 0 aliphatic heterocycles. The zero-order valence-electron chi connectivity index (χ0n) is 15.4. The zero-order valence-corrected chi connectivity index (χ0v) is 16.2. The van der Waals surface area contributed by atoms with Crippen molar-refractivity contribution in [1.29, 1.82) is 0 Å². The molecule has 0 radical (unpaired) electrons.